The van der Waals surface area contributed by atoms with Crippen LogP contribution in [0.3, 0.4) is 0 Å². The molecule has 2 unspecified atom stereocenters. The van der Waals surface area contributed by atoms with E-state index in [1.165, 1.54) is 0 Å². The van der Waals surface area contributed by atoms with Crippen LogP contribution < -0.4 is 10.6 Å². The minimum atomic E-state index is -3.79. The van der Waals surface area contributed by atoms with Gasteiger partial charge in [-0.05, 0) is 0 Å². The third kappa shape index (κ3) is 12.8. The van der Waals surface area contributed by atoms with Gasteiger partial charge >= 0.3 is 184 Å². The van der Waals surface area contributed by atoms with E-state index in [4.69, 9.17) is 6.15 Å². The van der Waals surface area contributed by atoms with Crippen molar-refractivity contribution in [3.8, 4) is 0 Å². The first-order chi connectivity index (χ1) is 13.9. The molecular formula is C22H46N2O4Sn. The molecule has 0 aliphatic heterocycles. The van der Waals surface area contributed by atoms with Crippen molar-refractivity contribution in [1.29, 1.82) is 0 Å². The molecular weight excluding hydrogens is 475 g/mol. The Morgan fingerprint density at radius 2 is 1.14 bits per heavy atom. The summed E-state index contributed by atoms with van der Waals surface area (Å²) in [6.07, 6.45) is 8.13. The second-order valence-electron chi connectivity index (χ2n) is 7.93. The summed E-state index contributed by atoms with van der Waals surface area (Å²) in [5.41, 5.74) is 0. The number of nitrogens with one attached hydrogen (secondary N) is 2. The van der Waals surface area contributed by atoms with Gasteiger partial charge in [0.1, 0.15) is 0 Å². The summed E-state index contributed by atoms with van der Waals surface area (Å²) in [4.78, 5) is 25.3. The number of unbranched alkanes of at least 4 members (excludes halogenated alkanes) is 2. The summed E-state index contributed by atoms with van der Waals surface area (Å²) in [6.45, 7) is 8.46. The number of hydrogen-bond acceptors (Lipinski definition) is 6. The monoisotopic (exact) mass is 522 g/mol. The Labute approximate surface area is 184 Å². The van der Waals surface area contributed by atoms with Crippen LogP contribution in [0.1, 0.15) is 91.9 Å². The molecule has 0 aliphatic carbocycles. The van der Waals surface area contributed by atoms with Gasteiger partial charge in [-0.1, -0.05) is 0 Å². The van der Waals surface area contributed by atoms with Gasteiger partial charge in [0.2, 0.25) is 0 Å². The van der Waals surface area contributed by atoms with Crippen LogP contribution in [0.4, 0.5) is 0 Å². The molecule has 6 nitrogen and oxygen atoms in total. The molecule has 0 saturated carbocycles. The zero-order valence-corrected chi connectivity index (χ0v) is 22.6. The third-order valence-corrected chi connectivity index (χ3v) is 15.4. The molecule has 0 aromatic rings. The summed E-state index contributed by atoms with van der Waals surface area (Å²) < 4.78 is 13.7. The van der Waals surface area contributed by atoms with E-state index in [0.717, 1.165) is 60.2 Å². The average molecular weight is 521 g/mol. The second-order valence-corrected chi connectivity index (χ2v) is 17.1. The molecule has 172 valence electrons. The Bertz CT molecular complexity index is 401. The van der Waals surface area contributed by atoms with E-state index in [2.05, 4.69) is 38.3 Å². The molecule has 0 saturated heterocycles. The first kappa shape index (κ1) is 28.7. The van der Waals surface area contributed by atoms with Gasteiger partial charge in [0.05, 0.1) is 0 Å². The zero-order chi connectivity index (χ0) is 22.1. The summed E-state index contributed by atoms with van der Waals surface area (Å²) in [5.74, 6) is -0.368. The molecule has 0 amide bonds. The fraction of sp³-hybridized carbons (Fsp3) is 0.909. The van der Waals surface area contributed by atoms with Gasteiger partial charge in [0, 0.05) is 0 Å². The molecule has 0 rings (SSSR count). The summed E-state index contributed by atoms with van der Waals surface area (Å²) in [6, 6.07) is 0.627. The zero-order valence-electron chi connectivity index (χ0n) is 19.8. The van der Waals surface area contributed by atoms with Gasteiger partial charge < -0.3 is 0 Å². The maximum absolute atomic E-state index is 12.7. The average Bonchev–Trinajstić information content (AvgIpc) is 2.72. The van der Waals surface area contributed by atoms with Crippen molar-refractivity contribution in [1.82, 2.24) is 10.6 Å². The summed E-state index contributed by atoms with van der Waals surface area (Å²) >= 11 is -3.79. The van der Waals surface area contributed by atoms with Gasteiger partial charge in [-0.2, -0.15) is 0 Å². The molecule has 0 spiro atoms. The van der Waals surface area contributed by atoms with Gasteiger partial charge in [0.25, 0.3) is 0 Å². The number of rotatable bonds is 18. The quantitative estimate of drug-likeness (QED) is 0.256. The topological polar surface area (TPSA) is 76.7 Å². The Hall–Kier alpha value is -0.341. The van der Waals surface area contributed by atoms with Crippen LogP contribution >= 0.6 is 0 Å². The fourth-order valence-electron chi connectivity index (χ4n) is 3.45. The Morgan fingerprint density at radius 1 is 0.759 bits per heavy atom. The van der Waals surface area contributed by atoms with Crippen molar-refractivity contribution in [3.05, 3.63) is 0 Å². The van der Waals surface area contributed by atoms with E-state index in [-0.39, 0.29) is 11.9 Å². The molecule has 0 bridgehead atoms. The molecule has 0 heterocycles. The number of carbonyl (C=O) groups is 2. The summed E-state index contributed by atoms with van der Waals surface area (Å²) in [5, 5.41) is 6.45. The molecule has 7 heteroatoms. The van der Waals surface area contributed by atoms with Crippen molar-refractivity contribution in [3.63, 3.8) is 0 Å². The van der Waals surface area contributed by atoms with Crippen molar-refractivity contribution >= 4 is 31.1 Å². The van der Waals surface area contributed by atoms with Crippen molar-refractivity contribution in [2.75, 3.05) is 14.1 Å². The normalized spacial score (nSPS) is 13.7. The predicted octanol–water partition coefficient (Wildman–Crippen LogP) is 4.67. The molecule has 0 aliphatic rings. The van der Waals surface area contributed by atoms with E-state index >= 15 is 0 Å². The standard InChI is InChI=1S/2C7H15NO2.2C4H9.Sn/c2*1-3-6(8-2)4-5-7(9)10;2*1-3-4-2;/h2*6,8H,3-5H2,1-2H3,(H,9,10);2*1,3-4H2,2H3;/q;;;;+2/p-2. The van der Waals surface area contributed by atoms with E-state index in [9.17, 15) is 9.59 Å². The van der Waals surface area contributed by atoms with E-state index in [1.54, 1.807) is 0 Å². The molecule has 0 radical (unpaired) electrons. The molecule has 0 aromatic heterocycles. The van der Waals surface area contributed by atoms with Crippen molar-refractivity contribution in [2.45, 2.75) is 113 Å². The Balaban J connectivity index is 5.13. The van der Waals surface area contributed by atoms with E-state index < -0.39 is 19.2 Å². The molecule has 2 N–H and O–H groups in total. The first-order valence-corrected chi connectivity index (χ1v) is 18.0. The van der Waals surface area contributed by atoms with Crippen LogP contribution in [0.15, 0.2) is 0 Å². The van der Waals surface area contributed by atoms with Crippen LogP contribution in [0.2, 0.25) is 8.87 Å². The Morgan fingerprint density at radius 3 is 1.41 bits per heavy atom. The van der Waals surface area contributed by atoms with Gasteiger partial charge in [-0.15, -0.1) is 0 Å². The fourth-order valence-corrected chi connectivity index (χ4v) is 13.5. The molecule has 0 aromatic carbocycles. The van der Waals surface area contributed by atoms with Crippen LogP contribution in [-0.2, 0) is 15.7 Å². The summed E-state index contributed by atoms with van der Waals surface area (Å²) in [7, 11) is 3.84. The van der Waals surface area contributed by atoms with Crippen molar-refractivity contribution in [2.24, 2.45) is 0 Å². The van der Waals surface area contributed by atoms with Gasteiger partial charge in [-0.25, -0.2) is 0 Å². The van der Waals surface area contributed by atoms with Crippen LogP contribution in [0.5, 0.6) is 0 Å². The number of carbonyl (C=O) groups excluding carboxylic acids is 2. The Kier molecular flexibility index (Phi) is 17.1. The van der Waals surface area contributed by atoms with Crippen LogP contribution in [-0.4, -0.2) is 57.3 Å². The second kappa shape index (κ2) is 17.4. The SMILES string of the molecule is CCC[CH2][Sn]([CH2]CCC)([O]C(=O)CCC(CC)NC)[O]C(=O)CCC(CC)NC. The number of hydrogen-bond donors (Lipinski definition) is 2. The van der Waals surface area contributed by atoms with Crippen LogP contribution in [0.25, 0.3) is 0 Å². The van der Waals surface area contributed by atoms with Gasteiger partial charge in [0.15, 0.2) is 0 Å². The third-order valence-electron chi connectivity index (χ3n) is 5.62. The van der Waals surface area contributed by atoms with E-state index in [1.807, 2.05) is 14.1 Å². The van der Waals surface area contributed by atoms with E-state index in [0.29, 0.717) is 24.9 Å². The molecule has 2 atom stereocenters. The van der Waals surface area contributed by atoms with Crippen molar-refractivity contribution < 1.29 is 15.7 Å². The minimum absolute atomic E-state index is 0.184. The van der Waals surface area contributed by atoms with Gasteiger partial charge in [-0.3, -0.25) is 0 Å². The molecule has 29 heavy (non-hydrogen) atoms. The van der Waals surface area contributed by atoms with Crippen LogP contribution in [0, 0.1) is 0 Å². The maximum atomic E-state index is 12.7. The molecule has 0 fully saturated rings. The predicted molar refractivity (Wildman–Crippen MR) is 122 cm³/mol. The first-order valence-electron chi connectivity index (χ1n) is 11.7.